The van der Waals surface area contributed by atoms with Crippen LogP contribution >= 0.6 is 11.8 Å². The predicted octanol–water partition coefficient (Wildman–Crippen LogP) is 3.35. The number of Topliss-reactive ketones (excluding diaryl/α,β-unsaturated/α-hetero) is 1. The van der Waals surface area contributed by atoms with Crippen molar-refractivity contribution >= 4 is 29.5 Å². The number of carbonyl (C=O) groups is 3. The number of ether oxygens (including phenoxy) is 2. The van der Waals surface area contributed by atoms with E-state index >= 15 is 0 Å². The molecule has 1 unspecified atom stereocenters. The minimum Gasteiger partial charge on any atom is -0.444 e. The fourth-order valence-corrected chi connectivity index (χ4v) is 3.22. The van der Waals surface area contributed by atoms with Crippen LogP contribution in [0.4, 0.5) is 4.79 Å². The zero-order valence-corrected chi connectivity index (χ0v) is 20.1. The summed E-state index contributed by atoms with van der Waals surface area (Å²) in [7, 11) is 1.46. The summed E-state index contributed by atoms with van der Waals surface area (Å²) in [4.78, 5) is 42.0. The number of carbonyl (C=O) groups excluding carboxylic acids is 3. The van der Waals surface area contributed by atoms with Crippen LogP contribution < -0.4 is 10.6 Å². The molecule has 0 fully saturated rings. The van der Waals surface area contributed by atoms with Gasteiger partial charge in [-0.15, -0.1) is 11.8 Å². The number of thioether (sulfide) groups is 1. The maximum Gasteiger partial charge on any atom is 0.407 e. The number of methoxy groups -OCH3 is 1. The summed E-state index contributed by atoms with van der Waals surface area (Å²) in [6, 6.07) is 3.06. The third-order valence-corrected chi connectivity index (χ3v) is 5.36. The van der Waals surface area contributed by atoms with Crippen LogP contribution in [0.2, 0.25) is 0 Å². The third-order valence-electron chi connectivity index (χ3n) is 4.35. The van der Waals surface area contributed by atoms with Crippen molar-refractivity contribution in [2.45, 2.75) is 76.0 Å². The number of rotatable bonds is 12. The highest BCUT2D eigenvalue weighted by atomic mass is 32.2. The first-order valence-corrected chi connectivity index (χ1v) is 11.3. The quantitative estimate of drug-likeness (QED) is 0.369. The van der Waals surface area contributed by atoms with Gasteiger partial charge in [0.15, 0.2) is 5.78 Å². The normalized spacial score (nSPS) is 12.7. The van der Waals surface area contributed by atoms with E-state index in [9.17, 15) is 14.4 Å². The first-order chi connectivity index (χ1) is 14.4. The maximum atomic E-state index is 12.8. The number of hydrogen-bond donors (Lipinski definition) is 2. The number of ketones is 1. The lowest BCUT2D eigenvalue weighted by atomic mass is 10.0. The Morgan fingerprint density at radius 3 is 2.45 bits per heavy atom. The second-order valence-corrected chi connectivity index (χ2v) is 9.66. The van der Waals surface area contributed by atoms with E-state index < -0.39 is 23.3 Å². The van der Waals surface area contributed by atoms with Crippen molar-refractivity contribution in [3.8, 4) is 0 Å². The zero-order chi connectivity index (χ0) is 23.5. The van der Waals surface area contributed by atoms with E-state index in [0.29, 0.717) is 25.8 Å². The Kier molecular flexibility index (Phi) is 11.0. The van der Waals surface area contributed by atoms with Crippen LogP contribution in [0.25, 0.3) is 0 Å². The molecule has 1 aromatic heterocycles. The van der Waals surface area contributed by atoms with Crippen molar-refractivity contribution in [3.05, 3.63) is 24.5 Å². The number of aromatic nitrogens is 1. The Hall–Kier alpha value is -2.13. The van der Waals surface area contributed by atoms with Crippen molar-refractivity contribution < 1.29 is 23.9 Å². The number of unbranched alkanes of at least 4 members (excludes halogenated alkanes) is 1. The van der Waals surface area contributed by atoms with E-state index in [1.165, 1.54) is 18.9 Å². The van der Waals surface area contributed by atoms with Crippen molar-refractivity contribution in [1.29, 1.82) is 0 Å². The topological polar surface area (TPSA) is 107 Å². The van der Waals surface area contributed by atoms with E-state index in [2.05, 4.69) is 15.6 Å². The van der Waals surface area contributed by atoms with Gasteiger partial charge < -0.3 is 20.1 Å². The van der Waals surface area contributed by atoms with Crippen LogP contribution in [-0.4, -0.2) is 59.4 Å². The molecule has 0 saturated heterocycles. The van der Waals surface area contributed by atoms with Crippen molar-refractivity contribution in [3.63, 3.8) is 0 Å². The van der Waals surface area contributed by atoms with E-state index in [1.54, 1.807) is 47.0 Å². The van der Waals surface area contributed by atoms with Crippen molar-refractivity contribution in [2.75, 3.05) is 19.4 Å². The van der Waals surface area contributed by atoms with Gasteiger partial charge in [0.25, 0.3) is 5.91 Å². The summed E-state index contributed by atoms with van der Waals surface area (Å²) in [6.45, 7) is 9.14. The average Bonchev–Trinajstić information content (AvgIpc) is 2.70. The summed E-state index contributed by atoms with van der Waals surface area (Å²) in [5.41, 5.74) is -1.58. The van der Waals surface area contributed by atoms with Crippen LogP contribution in [0.15, 0.2) is 29.4 Å². The first-order valence-electron chi connectivity index (χ1n) is 10.3. The molecular formula is C22H35N3O5S. The van der Waals surface area contributed by atoms with Gasteiger partial charge in [-0.05, 0) is 66.0 Å². The monoisotopic (exact) mass is 453 g/mol. The standard InChI is InChI=1S/C22H35N3O5S/c1-21(2,3)30-20(28)24-13-8-7-11-17(25-19(27)22(4,5)29-6)18(26)15-31-16-10-9-12-23-14-16/h9-10,12,14,17H,7-8,11,13,15H2,1-6H3,(H,24,28)(H,25,27). The molecule has 8 nitrogen and oxygen atoms in total. The van der Waals surface area contributed by atoms with Crippen LogP contribution in [0.5, 0.6) is 0 Å². The molecule has 0 aliphatic rings. The Bertz CT molecular complexity index is 720. The van der Waals surface area contributed by atoms with Gasteiger partial charge in [-0.2, -0.15) is 0 Å². The summed E-state index contributed by atoms with van der Waals surface area (Å²) in [5, 5.41) is 5.52. The molecule has 0 aliphatic carbocycles. The Morgan fingerprint density at radius 1 is 1.16 bits per heavy atom. The van der Waals surface area contributed by atoms with E-state index in [-0.39, 0.29) is 17.4 Å². The van der Waals surface area contributed by atoms with Crippen LogP contribution in [0, 0.1) is 0 Å². The molecule has 0 bridgehead atoms. The summed E-state index contributed by atoms with van der Waals surface area (Å²) < 4.78 is 10.4. The Labute approximate surface area is 189 Å². The number of nitrogens with zero attached hydrogens (tertiary/aromatic N) is 1. The first kappa shape index (κ1) is 26.9. The largest absolute Gasteiger partial charge is 0.444 e. The molecular weight excluding hydrogens is 418 g/mol. The fraction of sp³-hybridized carbons (Fsp3) is 0.636. The van der Waals surface area contributed by atoms with Gasteiger partial charge in [0, 0.05) is 30.9 Å². The molecule has 0 spiro atoms. The second-order valence-electron chi connectivity index (χ2n) is 8.61. The zero-order valence-electron chi connectivity index (χ0n) is 19.3. The van der Waals surface area contributed by atoms with Gasteiger partial charge >= 0.3 is 6.09 Å². The van der Waals surface area contributed by atoms with Crippen molar-refractivity contribution in [1.82, 2.24) is 15.6 Å². The minimum absolute atomic E-state index is 0.0748. The molecule has 9 heteroatoms. The molecule has 0 saturated carbocycles. The highest BCUT2D eigenvalue weighted by Crippen LogP contribution is 2.18. The lowest BCUT2D eigenvalue weighted by Gasteiger charge is -2.26. The molecule has 1 atom stereocenters. The van der Waals surface area contributed by atoms with Gasteiger partial charge in [0.05, 0.1) is 11.8 Å². The number of alkyl carbamates (subject to hydrolysis) is 1. The van der Waals surface area contributed by atoms with Gasteiger partial charge in [0.1, 0.15) is 11.2 Å². The van der Waals surface area contributed by atoms with Gasteiger partial charge in [-0.3, -0.25) is 14.6 Å². The summed E-state index contributed by atoms with van der Waals surface area (Å²) in [5.74, 6) is -0.193. The Morgan fingerprint density at radius 2 is 1.87 bits per heavy atom. The van der Waals surface area contributed by atoms with Gasteiger partial charge in [0.2, 0.25) is 0 Å². The smallest absolute Gasteiger partial charge is 0.407 e. The molecule has 0 aliphatic heterocycles. The molecule has 1 rings (SSSR count). The summed E-state index contributed by atoms with van der Waals surface area (Å²) >= 11 is 1.38. The molecule has 31 heavy (non-hydrogen) atoms. The van der Waals surface area contributed by atoms with E-state index in [1.807, 2.05) is 12.1 Å². The van der Waals surface area contributed by atoms with Crippen LogP contribution in [-0.2, 0) is 19.1 Å². The molecule has 2 N–H and O–H groups in total. The summed E-state index contributed by atoms with van der Waals surface area (Å²) in [6.07, 6.45) is 4.67. The second kappa shape index (κ2) is 12.7. The third kappa shape index (κ3) is 11.2. The Balaban J connectivity index is 2.58. The van der Waals surface area contributed by atoms with Gasteiger partial charge in [-0.25, -0.2) is 4.79 Å². The lowest BCUT2D eigenvalue weighted by molar-refractivity contribution is -0.141. The number of amides is 2. The minimum atomic E-state index is -1.03. The highest BCUT2D eigenvalue weighted by Gasteiger charge is 2.31. The molecule has 2 amide bonds. The van der Waals surface area contributed by atoms with Crippen molar-refractivity contribution in [2.24, 2.45) is 0 Å². The predicted molar refractivity (Wildman–Crippen MR) is 121 cm³/mol. The number of nitrogens with one attached hydrogen (secondary N) is 2. The van der Waals surface area contributed by atoms with Crippen LogP contribution in [0.1, 0.15) is 53.9 Å². The van der Waals surface area contributed by atoms with E-state index in [0.717, 1.165) is 4.90 Å². The number of hydrogen-bond acceptors (Lipinski definition) is 7. The van der Waals surface area contributed by atoms with E-state index in [4.69, 9.17) is 9.47 Å². The number of pyridine rings is 1. The molecule has 1 aromatic rings. The SMILES string of the molecule is COC(C)(C)C(=O)NC(CCCCNC(=O)OC(C)(C)C)C(=O)CSc1cccnc1. The molecule has 174 valence electrons. The average molecular weight is 454 g/mol. The molecule has 0 radical (unpaired) electrons. The van der Waals surface area contributed by atoms with Crippen LogP contribution in [0.3, 0.4) is 0 Å². The molecule has 0 aromatic carbocycles. The van der Waals surface area contributed by atoms with Gasteiger partial charge in [-0.1, -0.05) is 0 Å². The lowest BCUT2D eigenvalue weighted by Crippen LogP contribution is -2.50. The molecule has 1 heterocycles. The fourth-order valence-electron chi connectivity index (χ4n) is 2.40. The maximum absolute atomic E-state index is 12.8. The highest BCUT2D eigenvalue weighted by molar-refractivity contribution is 8.00.